The maximum absolute atomic E-state index is 14.3. The third-order valence-corrected chi connectivity index (χ3v) is 8.64. The summed E-state index contributed by atoms with van der Waals surface area (Å²) < 4.78 is 41.9. The van der Waals surface area contributed by atoms with E-state index >= 15 is 0 Å². The number of rotatable bonds is 14. The molecule has 2 fully saturated rings. The first-order chi connectivity index (χ1) is 23.4. The minimum absolute atomic E-state index is 0. The van der Waals surface area contributed by atoms with Gasteiger partial charge in [0.1, 0.15) is 12.4 Å². The van der Waals surface area contributed by atoms with E-state index in [-0.39, 0.29) is 56.8 Å². The number of thiophene rings is 1. The summed E-state index contributed by atoms with van der Waals surface area (Å²) >= 11 is 1.48. The van der Waals surface area contributed by atoms with Crippen molar-refractivity contribution in [1.29, 1.82) is 0 Å². The normalized spacial score (nSPS) is 14.6. The fourth-order valence-electron chi connectivity index (χ4n) is 4.66. The number of ether oxygens (including phenoxy) is 5. The van der Waals surface area contributed by atoms with Crippen LogP contribution in [0.5, 0.6) is 11.5 Å². The molecular formula is C34H41FN6O6SY-2. The van der Waals surface area contributed by atoms with E-state index in [9.17, 15) is 9.18 Å². The number of carbonyl (C=O) groups excluding carboxylic acids is 1. The third-order valence-electron chi connectivity index (χ3n) is 7.48. The number of hydrogen-bond donors (Lipinski definition) is 0. The Hall–Kier alpha value is -2.82. The molecule has 0 unspecified atom stereocenters. The molecule has 49 heavy (non-hydrogen) atoms. The van der Waals surface area contributed by atoms with Crippen LogP contribution in [0.2, 0.25) is 0 Å². The number of amides is 1. The van der Waals surface area contributed by atoms with Gasteiger partial charge in [-0.05, 0) is 29.8 Å². The second kappa shape index (κ2) is 20.1. The van der Waals surface area contributed by atoms with Crippen LogP contribution in [0, 0.1) is 5.82 Å². The molecule has 12 nitrogen and oxygen atoms in total. The number of carbonyl (C=O) groups is 1. The van der Waals surface area contributed by atoms with E-state index in [0.29, 0.717) is 57.9 Å². The average molecular weight is 770 g/mol. The van der Waals surface area contributed by atoms with Gasteiger partial charge >= 0.3 is 6.09 Å². The van der Waals surface area contributed by atoms with Crippen molar-refractivity contribution < 1.29 is 65.6 Å². The van der Waals surface area contributed by atoms with Crippen LogP contribution in [0.3, 0.4) is 0 Å². The summed E-state index contributed by atoms with van der Waals surface area (Å²) in [5, 5.41) is 0. The minimum atomic E-state index is -0.588. The molecule has 6 rings (SSSR count). The summed E-state index contributed by atoms with van der Waals surface area (Å²) in [5.74, 6) is -0.0320. The first kappa shape index (κ1) is 39.0. The summed E-state index contributed by atoms with van der Waals surface area (Å²) in [5.41, 5.74) is 17.0. The minimum Gasteiger partial charge on any atom is -0.699 e. The Morgan fingerprint density at radius 1 is 0.939 bits per heavy atom. The molecule has 1 amide bonds. The molecule has 15 heteroatoms. The predicted molar refractivity (Wildman–Crippen MR) is 182 cm³/mol. The summed E-state index contributed by atoms with van der Waals surface area (Å²) in [6, 6.07) is 12.1. The molecule has 1 saturated heterocycles. The van der Waals surface area contributed by atoms with Crippen molar-refractivity contribution in [1.82, 2.24) is 19.8 Å². The monoisotopic (exact) mass is 769 g/mol. The molecule has 2 aliphatic rings. The van der Waals surface area contributed by atoms with E-state index in [2.05, 4.69) is 20.9 Å². The van der Waals surface area contributed by atoms with E-state index < -0.39 is 5.82 Å². The van der Waals surface area contributed by atoms with Crippen LogP contribution >= 0.6 is 11.3 Å². The Morgan fingerprint density at radius 2 is 1.65 bits per heavy atom. The maximum atomic E-state index is 14.3. The molecule has 2 N–H and O–H groups in total. The Morgan fingerprint density at radius 3 is 2.31 bits per heavy atom. The molecule has 1 aliphatic heterocycles. The number of pyridine rings is 2. The van der Waals surface area contributed by atoms with Crippen molar-refractivity contribution >= 4 is 33.3 Å². The predicted octanol–water partition coefficient (Wildman–Crippen LogP) is 7.11. The van der Waals surface area contributed by atoms with Gasteiger partial charge in [-0.25, -0.2) is 9.18 Å². The molecule has 1 aromatic carbocycles. The number of halogens is 1. The van der Waals surface area contributed by atoms with Crippen LogP contribution in [0.1, 0.15) is 18.4 Å². The number of fused-ring (bicyclic) bond motifs is 1. The number of benzene rings is 1. The van der Waals surface area contributed by atoms with Crippen LogP contribution in [0.4, 0.5) is 14.9 Å². The first-order valence-corrected chi connectivity index (χ1v) is 16.7. The topological polar surface area (TPSA) is 143 Å². The van der Waals surface area contributed by atoms with Crippen molar-refractivity contribution in [3.63, 3.8) is 0 Å². The third kappa shape index (κ3) is 12.5. The van der Waals surface area contributed by atoms with Gasteiger partial charge in [-0.2, -0.15) is 0 Å². The first-order valence-electron chi connectivity index (χ1n) is 15.9. The van der Waals surface area contributed by atoms with Gasteiger partial charge in [-0.15, -0.1) is 23.1 Å². The van der Waals surface area contributed by atoms with Crippen molar-refractivity contribution in [2.24, 2.45) is 0 Å². The van der Waals surface area contributed by atoms with Crippen molar-refractivity contribution in [2.75, 3.05) is 72.9 Å². The maximum Gasteiger partial charge on any atom is 0.409 e. The van der Waals surface area contributed by atoms with Crippen LogP contribution in [0.25, 0.3) is 32.3 Å². The fraction of sp³-hybridized carbons (Fsp3) is 0.441. The summed E-state index contributed by atoms with van der Waals surface area (Å²) in [7, 11) is 1.62. The van der Waals surface area contributed by atoms with E-state index in [4.69, 9.17) is 35.2 Å². The molecule has 0 atom stereocenters. The molecule has 0 spiro atoms. The van der Waals surface area contributed by atoms with Gasteiger partial charge in [0.25, 0.3) is 0 Å². The van der Waals surface area contributed by atoms with Gasteiger partial charge < -0.3 is 40.1 Å². The Labute approximate surface area is 315 Å². The summed E-state index contributed by atoms with van der Waals surface area (Å²) in [6.07, 6.45) is 5.48. The van der Waals surface area contributed by atoms with Gasteiger partial charge in [0, 0.05) is 91.0 Å². The molecule has 3 aromatic heterocycles. The number of aromatic nitrogens is 2. The zero-order valence-electron chi connectivity index (χ0n) is 27.6. The number of nitrogens with zero attached hydrogens (tertiary/aromatic N) is 4. The van der Waals surface area contributed by atoms with Crippen LogP contribution in [-0.4, -0.2) is 105 Å². The largest absolute Gasteiger partial charge is 0.699 e. The quantitative estimate of drug-likeness (QED) is 0.123. The molecule has 0 bridgehead atoms. The smallest absolute Gasteiger partial charge is 0.409 e. The van der Waals surface area contributed by atoms with E-state index in [1.807, 2.05) is 18.3 Å². The van der Waals surface area contributed by atoms with Crippen LogP contribution in [0.15, 0.2) is 54.9 Å². The molecule has 4 aromatic rings. The number of piperazine rings is 1. The molecule has 1 radical (unpaired) electrons. The average Bonchev–Trinajstić information content (AvgIpc) is 3.75. The summed E-state index contributed by atoms with van der Waals surface area (Å²) in [6.45, 7) is 5.92. The van der Waals surface area contributed by atoms with Gasteiger partial charge in [0.15, 0.2) is 11.6 Å². The van der Waals surface area contributed by atoms with Gasteiger partial charge in [-0.3, -0.25) is 14.9 Å². The number of hydrogen-bond acceptors (Lipinski definition) is 10. The van der Waals surface area contributed by atoms with Crippen LogP contribution < -0.4 is 4.74 Å². The molecule has 261 valence electrons. The standard InChI is InChI=1S/C31H35FN5O6S.C3H6N.Y/c1-39-12-13-40-14-15-41-16-17-42-31(38)37-10-8-36(9-11-37)21-22-2-4-25(35-20-22)29-19-26-30(44-29)28(6-7-34-26)43-27-5-3-23(33)18-24(27)32;4-3-1-2-3;/h2-7,18-20,33H,8-17,21H2,1H3;3-4H,1-2H2;/q2*-1;. The van der Waals surface area contributed by atoms with Crippen LogP contribution in [-0.2, 0) is 58.2 Å². The zero-order chi connectivity index (χ0) is 33.7. The van der Waals surface area contributed by atoms with Crippen molar-refractivity contribution in [2.45, 2.75) is 25.4 Å². The molecular weight excluding hydrogens is 728 g/mol. The summed E-state index contributed by atoms with van der Waals surface area (Å²) in [4.78, 5) is 26.4. The zero-order valence-corrected chi connectivity index (χ0v) is 31.2. The second-order valence-electron chi connectivity index (χ2n) is 11.3. The molecule has 1 aliphatic carbocycles. The Balaban J connectivity index is 0.00000101. The number of nitrogens with one attached hydrogen (secondary N) is 2. The van der Waals surface area contributed by atoms with Gasteiger partial charge in [-0.1, -0.05) is 25.0 Å². The van der Waals surface area contributed by atoms with Crippen molar-refractivity contribution in [3.05, 3.63) is 77.7 Å². The van der Waals surface area contributed by atoms with E-state index in [0.717, 1.165) is 64.9 Å². The second-order valence-corrected chi connectivity index (χ2v) is 12.4. The van der Waals surface area contributed by atoms with E-state index in [1.54, 1.807) is 24.3 Å². The molecule has 1 saturated carbocycles. The number of methoxy groups -OCH3 is 1. The van der Waals surface area contributed by atoms with Gasteiger partial charge in [0.2, 0.25) is 0 Å². The SMILES string of the molecule is COCCOCCOCCOC(=O)N1CCN(Cc2ccc(-c3cc4nccc(Oc5ccc([NH-])cc5F)c4s3)nc2)CC1.[NH-]C1CC1.[Y]. The van der Waals surface area contributed by atoms with Crippen molar-refractivity contribution in [3.8, 4) is 22.1 Å². The van der Waals surface area contributed by atoms with Gasteiger partial charge in [0.05, 0.1) is 53.8 Å². The fourth-order valence-corrected chi connectivity index (χ4v) is 5.70. The Bertz CT molecular complexity index is 1600. The molecule has 4 heterocycles. The Kier molecular flexibility index (Phi) is 16.0. The van der Waals surface area contributed by atoms with E-state index in [1.165, 1.54) is 23.5 Å².